The minimum Gasteiger partial charge on any atom is -0.507 e. The van der Waals surface area contributed by atoms with E-state index in [0.717, 1.165) is 10.0 Å². The van der Waals surface area contributed by atoms with Crippen LogP contribution >= 0.6 is 15.9 Å². The first-order valence-corrected chi connectivity index (χ1v) is 8.45. The van der Waals surface area contributed by atoms with Crippen LogP contribution in [0.2, 0.25) is 0 Å². The molecule has 0 fully saturated rings. The van der Waals surface area contributed by atoms with E-state index in [1.165, 1.54) is 12.3 Å². The van der Waals surface area contributed by atoms with E-state index in [1.807, 2.05) is 30.3 Å². The van der Waals surface area contributed by atoms with Gasteiger partial charge < -0.3 is 10.4 Å². The zero-order valence-corrected chi connectivity index (χ0v) is 15.0. The number of phenols is 1. The first-order chi connectivity index (χ1) is 12.0. The molecule has 0 atom stereocenters. The predicted molar refractivity (Wildman–Crippen MR) is 99.1 cm³/mol. The summed E-state index contributed by atoms with van der Waals surface area (Å²) in [6, 6.07) is 14.4. The van der Waals surface area contributed by atoms with Crippen molar-refractivity contribution in [3.05, 3.63) is 64.1 Å². The Balaban J connectivity index is 1.70. The van der Waals surface area contributed by atoms with Crippen LogP contribution in [0.5, 0.6) is 5.75 Å². The zero-order valence-electron chi connectivity index (χ0n) is 13.4. The van der Waals surface area contributed by atoms with Crippen molar-refractivity contribution in [3.63, 3.8) is 0 Å². The molecule has 0 aliphatic rings. The molecule has 2 aromatic carbocycles. The molecule has 0 saturated carbocycles. The third-order valence-electron chi connectivity index (χ3n) is 3.29. The molecule has 0 saturated heterocycles. The molecule has 2 rings (SSSR count). The second kappa shape index (κ2) is 9.58. The molecule has 2 aromatic rings. The number of nitrogens with one attached hydrogen (secondary N) is 2. The summed E-state index contributed by atoms with van der Waals surface area (Å²) in [6.45, 7) is 0.432. The largest absolute Gasteiger partial charge is 0.507 e. The topological polar surface area (TPSA) is 90.8 Å². The van der Waals surface area contributed by atoms with Gasteiger partial charge in [0.1, 0.15) is 5.75 Å². The Morgan fingerprint density at radius 1 is 1.08 bits per heavy atom. The smallest absolute Gasteiger partial charge is 0.240 e. The van der Waals surface area contributed by atoms with Crippen LogP contribution in [-0.4, -0.2) is 23.1 Å². The summed E-state index contributed by atoms with van der Waals surface area (Å²) in [5.74, 6) is -0.519. The maximum absolute atomic E-state index is 11.7. The Labute approximate surface area is 154 Å². The van der Waals surface area contributed by atoms with Gasteiger partial charge in [0, 0.05) is 29.4 Å². The van der Waals surface area contributed by atoms with Gasteiger partial charge in [-0.25, -0.2) is 5.43 Å². The number of benzene rings is 2. The van der Waals surface area contributed by atoms with Crippen LogP contribution in [-0.2, 0) is 16.1 Å². The molecule has 6 nitrogen and oxygen atoms in total. The quantitative estimate of drug-likeness (QED) is 0.490. The van der Waals surface area contributed by atoms with Crippen LogP contribution in [0.1, 0.15) is 24.0 Å². The van der Waals surface area contributed by atoms with E-state index in [1.54, 1.807) is 12.1 Å². The first-order valence-electron chi connectivity index (χ1n) is 7.65. The molecule has 0 spiro atoms. The number of nitrogens with zero attached hydrogens (tertiary/aromatic N) is 1. The summed E-state index contributed by atoms with van der Waals surface area (Å²) in [5.41, 5.74) is 3.80. The van der Waals surface area contributed by atoms with Gasteiger partial charge in [-0.3, -0.25) is 9.59 Å². The van der Waals surface area contributed by atoms with E-state index in [-0.39, 0.29) is 30.4 Å². The third kappa shape index (κ3) is 6.76. The fourth-order valence-corrected chi connectivity index (χ4v) is 2.35. The normalized spacial score (nSPS) is 10.6. The summed E-state index contributed by atoms with van der Waals surface area (Å²) in [7, 11) is 0. The lowest BCUT2D eigenvalue weighted by atomic mass is 10.2. The van der Waals surface area contributed by atoms with Crippen molar-refractivity contribution >= 4 is 34.0 Å². The Kier molecular flexibility index (Phi) is 7.16. The molecular weight excluding hydrogens is 386 g/mol. The molecule has 25 heavy (non-hydrogen) atoms. The Hall–Kier alpha value is -2.67. The number of carbonyl (C=O) groups is 2. The fraction of sp³-hybridized carbons (Fsp3) is 0.167. The zero-order chi connectivity index (χ0) is 18.1. The van der Waals surface area contributed by atoms with Crippen molar-refractivity contribution in [3.8, 4) is 5.75 Å². The van der Waals surface area contributed by atoms with Gasteiger partial charge in [-0.1, -0.05) is 46.3 Å². The lowest BCUT2D eigenvalue weighted by Crippen LogP contribution is -2.25. The molecule has 0 unspecified atom stereocenters. The van der Waals surface area contributed by atoms with Gasteiger partial charge >= 0.3 is 0 Å². The highest BCUT2D eigenvalue weighted by Crippen LogP contribution is 2.19. The summed E-state index contributed by atoms with van der Waals surface area (Å²) in [5, 5.41) is 16.2. The average Bonchev–Trinajstić information content (AvgIpc) is 2.62. The second-order valence-electron chi connectivity index (χ2n) is 5.26. The Morgan fingerprint density at radius 2 is 1.80 bits per heavy atom. The number of hydrogen-bond donors (Lipinski definition) is 3. The van der Waals surface area contributed by atoms with Gasteiger partial charge in [0.15, 0.2) is 0 Å². The molecule has 0 radical (unpaired) electrons. The van der Waals surface area contributed by atoms with Crippen LogP contribution in [0.25, 0.3) is 0 Å². The SMILES string of the molecule is O=C(CCC(=O)NN=Cc1cc(Br)ccc1O)NCc1ccccc1. The number of hydrogen-bond acceptors (Lipinski definition) is 4. The van der Waals surface area contributed by atoms with Crippen molar-refractivity contribution in [2.75, 3.05) is 0 Å². The highest BCUT2D eigenvalue weighted by molar-refractivity contribution is 9.10. The first kappa shape index (κ1) is 18.7. The minimum atomic E-state index is -0.374. The highest BCUT2D eigenvalue weighted by Gasteiger charge is 2.06. The van der Waals surface area contributed by atoms with Gasteiger partial charge in [0.05, 0.1) is 6.21 Å². The van der Waals surface area contributed by atoms with E-state index in [9.17, 15) is 14.7 Å². The van der Waals surface area contributed by atoms with Gasteiger partial charge in [-0.15, -0.1) is 0 Å². The van der Waals surface area contributed by atoms with Crippen molar-refractivity contribution < 1.29 is 14.7 Å². The standard InChI is InChI=1S/C18H18BrN3O3/c19-15-6-7-16(23)14(10-15)12-21-22-18(25)9-8-17(24)20-11-13-4-2-1-3-5-13/h1-7,10,12,23H,8-9,11H2,(H,20,24)(H,22,25). The number of rotatable bonds is 7. The van der Waals surface area contributed by atoms with Crippen molar-refractivity contribution in [2.45, 2.75) is 19.4 Å². The maximum atomic E-state index is 11.7. The summed E-state index contributed by atoms with van der Waals surface area (Å²) in [6.07, 6.45) is 1.45. The minimum absolute atomic E-state index is 0.0302. The second-order valence-corrected chi connectivity index (χ2v) is 6.17. The van der Waals surface area contributed by atoms with Crippen LogP contribution in [0, 0.1) is 0 Å². The highest BCUT2D eigenvalue weighted by atomic mass is 79.9. The maximum Gasteiger partial charge on any atom is 0.240 e. The predicted octanol–water partition coefficient (Wildman–Crippen LogP) is 2.70. The number of phenolic OH excluding ortho intramolecular Hbond substituents is 1. The van der Waals surface area contributed by atoms with Crippen LogP contribution < -0.4 is 10.7 Å². The molecule has 130 valence electrons. The lowest BCUT2D eigenvalue weighted by molar-refractivity contribution is -0.126. The number of hydrazone groups is 1. The molecule has 7 heteroatoms. The summed E-state index contributed by atoms with van der Waals surface area (Å²) >= 11 is 3.28. The monoisotopic (exact) mass is 403 g/mol. The number of halogens is 1. The van der Waals surface area contributed by atoms with E-state index < -0.39 is 0 Å². The molecular formula is C18H18BrN3O3. The van der Waals surface area contributed by atoms with Crippen molar-refractivity contribution in [1.29, 1.82) is 0 Å². The van der Waals surface area contributed by atoms with E-state index in [4.69, 9.17) is 0 Å². The third-order valence-corrected chi connectivity index (χ3v) is 3.79. The van der Waals surface area contributed by atoms with E-state index >= 15 is 0 Å². The van der Waals surface area contributed by atoms with Gasteiger partial charge in [0.25, 0.3) is 0 Å². The summed E-state index contributed by atoms with van der Waals surface area (Å²) in [4.78, 5) is 23.4. The van der Waals surface area contributed by atoms with Crippen LogP contribution in [0.4, 0.5) is 0 Å². The van der Waals surface area contributed by atoms with E-state index in [0.29, 0.717) is 12.1 Å². The van der Waals surface area contributed by atoms with E-state index in [2.05, 4.69) is 31.8 Å². The van der Waals surface area contributed by atoms with Crippen LogP contribution in [0.15, 0.2) is 58.1 Å². The van der Waals surface area contributed by atoms with Crippen LogP contribution in [0.3, 0.4) is 0 Å². The fourth-order valence-electron chi connectivity index (χ4n) is 1.97. The number of carbonyl (C=O) groups excluding carboxylic acids is 2. The molecule has 0 aliphatic heterocycles. The number of amides is 2. The Bertz CT molecular complexity index is 763. The molecule has 0 heterocycles. The number of aromatic hydroxyl groups is 1. The molecule has 2 amide bonds. The molecule has 0 aliphatic carbocycles. The Morgan fingerprint density at radius 3 is 2.56 bits per heavy atom. The van der Waals surface area contributed by atoms with Gasteiger partial charge in [-0.05, 0) is 23.8 Å². The molecule has 0 bridgehead atoms. The van der Waals surface area contributed by atoms with Gasteiger partial charge in [0.2, 0.25) is 11.8 Å². The van der Waals surface area contributed by atoms with Crippen molar-refractivity contribution in [2.24, 2.45) is 5.10 Å². The van der Waals surface area contributed by atoms with Crippen molar-refractivity contribution in [1.82, 2.24) is 10.7 Å². The summed E-state index contributed by atoms with van der Waals surface area (Å²) < 4.78 is 0.785. The average molecular weight is 404 g/mol. The lowest BCUT2D eigenvalue weighted by Gasteiger charge is -2.05. The molecule has 0 aromatic heterocycles. The van der Waals surface area contributed by atoms with Gasteiger partial charge in [-0.2, -0.15) is 5.10 Å². The molecule has 3 N–H and O–H groups in total.